The van der Waals surface area contributed by atoms with Crippen molar-refractivity contribution in [1.82, 2.24) is 9.97 Å². The van der Waals surface area contributed by atoms with E-state index in [0.29, 0.717) is 17.6 Å². The number of carbonyl (C=O) groups is 1. The number of carbonyl (C=O) groups excluding carboxylic acids is 1. The Morgan fingerprint density at radius 3 is 2.56 bits per heavy atom. The molecule has 0 aliphatic rings. The lowest BCUT2D eigenvalue weighted by Gasteiger charge is -2.08. The number of nitrogens with zero attached hydrogens (tertiary/aromatic N) is 1. The molecule has 156 valence electrons. The number of esters is 1. The Labute approximate surface area is 188 Å². The van der Waals surface area contributed by atoms with Crippen LogP contribution in [0.5, 0.6) is 5.75 Å². The van der Waals surface area contributed by atoms with Gasteiger partial charge in [0.25, 0.3) is 5.56 Å². The Kier molecular flexibility index (Phi) is 5.35. The predicted molar refractivity (Wildman–Crippen MR) is 126 cm³/mol. The van der Waals surface area contributed by atoms with Crippen molar-refractivity contribution in [3.8, 4) is 16.3 Å². The van der Waals surface area contributed by atoms with Crippen molar-refractivity contribution < 1.29 is 9.53 Å². The normalized spacial score (nSPS) is 10.9. The number of aromatic nitrogens is 2. The number of hydrogen-bond donors (Lipinski definition) is 1. The third-order valence-corrected chi connectivity index (χ3v) is 6.02. The van der Waals surface area contributed by atoms with Gasteiger partial charge in [-0.25, -0.2) is 9.78 Å². The van der Waals surface area contributed by atoms with Crippen LogP contribution in [0.25, 0.3) is 21.3 Å². The third-order valence-electron chi connectivity index (χ3n) is 5.13. The lowest BCUT2D eigenvalue weighted by Crippen LogP contribution is -2.09. The average Bonchev–Trinajstić information content (AvgIpc) is 3.33. The molecule has 5 aromatic rings. The number of aromatic amines is 1. The fraction of sp³-hybridized carbons (Fsp3) is 0.0385. The van der Waals surface area contributed by atoms with Gasteiger partial charge in [-0.05, 0) is 41.1 Å². The van der Waals surface area contributed by atoms with E-state index in [1.54, 1.807) is 17.6 Å². The van der Waals surface area contributed by atoms with E-state index in [1.807, 2.05) is 72.8 Å². The van der Waals surface area contributed by atoms with E-state index in [9.17, 15) is 9.59 Å². The lowest BCUT2D eigenvalue weighted by molar-refractivity contribution is 0.0729. The zero-order valence-electron chi connectivity index (χ0n) is 16.9. The van der Waals surface area contributed by atoms with Gasteiger partial charge in [-0.1, -0.05) is 60.7 Å². The first-order chi connectivity index (χ1) is 15.7. The molecule has 0 fully saturated rings. The molecule has 0 saturated heterocycles. The molecule has 2 aromatic heterocycles. The molecule has 0 radical (unpaired) electrons. The summed E-state index contributed by atoms with van der Waals surface area (Å²) in [4.78, 5) is 31.9. The maximum atomic E-state index is 12.6. The van der Waals surface area contributed by atoms with Crippen LogP contribution in [0.15, 0.2) is 95.2 Å². The number of benzene rings is 3. The molecule has 32 heavy (non-hydrogen) atoms. The van der Waals surface area contributed by atoms with Crippen molar-refractivity contribution >= 4 is 28.1 Å². The molecule has 1 N–H and O–H groups in total. The predicted octanol–water partition coefficient (Wildman–Crippen LogP) is 5.46. The number of rotatable bonds is 5. The van der Waals surface area contributed by atoms with Crippen LogP contribution in [0.2, 0.25) is 0 Å². The summed E-state index contributed by atoms with van der Waals surface area (Å²) in [7, 11) is 0. The number of hydrogen-bond acceptors (Lipinski definition) is 5. The van der Waals surface area contributed by atoms with Gasteiger partial charge in [0.15, 0.2) is 5.69 Å². The van der Waals surface area contributed by atoms with Gasteiger partial charge in [0.1, 0.15) is 10.8 Å². The Bertz CT molecular complexity index is 1470. The summed E-state index contributed by atoms with van der Waals surface area (Å²) in [5.41, 5.74) is 3.11. The van der Waals surface area contributed by atoms with E-state index in [-0.39, 0.29) is 11.3 Å². The van der Waals surface area contributed by atoms with Gasteiger partial charge in [0.05, 0.1) is 0 Å². The molecule has 0 aliphatic heterocycles. The highest BCUT2D eigenvalue weighted by atomic mass is 32.1. The Morgan fingerprint density at radius 2 is 1.72 bits per heavy atom. The largest absolute Gasteiger partial charge is 0.422 e. The maximum absolute atomic E-state index is 12.6. The lowest BCUT2D eigenvalue weighted by atomic mass is 10.0. The van der Waals surface area contributed by atoms with E-state index in [1.165, 1.54) is 11.3 Å². The summed E-state index contributed by atoms with van der Waals surface area (Å²) in [6.07, 6.45) is 2.33. The van der Waals surface area contributed by atoms with Crippen molar-refractivity contribution in [2.75, 3.05) is 0 Å². The van der Waals surface area contributed by atoms with Crippen molar-refractivity contribution in [3.63, 3.8) is 0 Å². The topological polar surface area (TPSA) is 72.1 Å². The second-order valence-electron chi connectivity index (χ2n) is 7.31. The molecule has 0 unspecified atom stereocenters. The second kappa shape index (κ2) is 8.61. The third kappa shape index (κ3) is 4.08. The molecular formula is C26H18N2O3S. The summed E-state index contributed by atoms with van der Waals surface area (Å²) >= 11 is 1.41. The number of nitrogens with one attached hydrogen (secondary N) is 1. The molecular weight excluding hydrogens is 420 g/mol. The molecule has 0 spiro atoms. The molecule has 2 heterocycles. The Morgan fingerprint density at radius 1 is 0.938 bits per heavy atom. The highest BCUT2D eigenvalue weighted by Crippen LogP contribution is 2.25. The fourth-order valence-corrected chi connectivity index (χ4v) is 4.39. The monoisotopic (exact) mass is 438 g/mol. The highest BCUT2D eigenvalue weighted by molar-refractivity contribution is 7.13. The fourth-order valence-electron chi connectivity index (χ4n) is 3.59. The quantitative estimate of drug-likeness (QED) is 0.292. The molecule has 0 aliphatic carbocycles. The van der Waals surface area contributed by atoms with E-state index in [2.05, 4.69) is 9.97 Å². The number of fused-ring (bicyclic) bond motifs is 1. The van der Waals surface area contributed by atoms with Gasteiger partial charge < -0.3 is 9.72 Å². The summed E-state index contributed by atoms with van der Waals surface area (Å²) in [6.45, 7) is 0. The minimum absolute atomic E-state index is 0.106. The van der Waals surface area contributed by atoms with Gasteiger partial charge in [-0.3, -0.25) is 4.79 Å². The van der Waals surface area contributed by atoms with Crippen LogP contribution in [-0.4, -0.2) is 15.9 Å². The Balaban J connectivity index is 1.35. The number of pyridine rings is 1. The molecule has 0 amide bonds. The number of H-pyrrole nitrogens is 1. The number of thiazole rings is 1. The van der Waals surface area contributed by atoms with Gasteiger partial charge >= 0.3 is 5.97 Å². The zero-order chi connectivity index (χ0) is 21.9. The first-order valence-electron chi connectivity index (χ1n) is 10.1. The van der Waals surface area contributed by atoms with Crippen LogP contribution in [0.3, 0.4) is 0 Å². The van der Waals surface area contributed by atoms with Crippen LogP contribution in [0, 0.1) is 0 Å². The zero-order valence-corrected chi connectivity index (χ0v) is 17.8. The summed E-state index contributed by atoms with van der Waals surface area (Å²) < 4.78 is 5.58. The molecule has 5 rings (SSSR count). The van der Waals surface area contributed by atoms with Crippen LogP contribution in [0.4, 0.5) is 0 Å². The smallest absolute Gasteiger partial charge is 0.363 e. The van der Waals surface area contributed by atoms with Crippen LogP contribution >= 0.6 is 11.3 Å². The van der Waals surface area contributed by atoms with Crippen molar-refractivity contribution in [2.45, 2.75) is 6.42 Å². The maximum Gasteiger partial charge on any atom is 0.363 e. The first-order valence-corrected chi connectivity index (χ1v) is 11.0. The van der Waals surface area contributed by atoms with Gasteiger partial charge in [0.2, 0.25) is 0 Å². The molecule has 6 heteroatoms. The second-order valence-corrected chi connectivity index (χ2v) is 8.16. The standard InChI is InChI=1S/C26H18N2O3S/c29-24-22-12-5-4-11-21(22)19(15-27-24)13-17-7-6-10-20(14-17)31-26(30)23-16-32-25(28-23)18-8-2-1-3-9-18/h1-12,14-16H,13H2,(H,27,29). The van der Waals surface area contributed by atoms with Crippen molar-refractivity contribution in [1.29, 1.82) is 0 Å². The molecule has 3 aromatic carbocycles. The SMILES string of the molecule is O=C(Oc1cccc(Cc2c[nH]c(=O)c3ccccc23)c1)c1csc(-c2ccccc2)n1. The van der Waals surface area contributed by atoms with E-state index in [0.717, 1.165) is 27.1 Å². The molecule has 0 atom stereocenters. The Hall–Kier alpha value is -4.03. The molecule has 5 nitrogen and oxygen atoms in total. The van der Waals surface area contributed by atoms with Crippen molar-refractivity contribution in [3.05, 3.63) is 118 Å². The minimum Gasteiger partial charge on any atom is -0.422 e. The highest BCUT2D eigenvalue weighted by Gasteiger charge is 2.15. The average molecular weight is 439 g/mol. The van der Waals surface area contributed by atoms with Gasteiger partial charge in [-0.2, -0.15) is 0 Å². The van der Waals surface area contributed by atoms with E-state index >= 15 is 0 Å². The van der Waals surface area contributed by atoms with Crippen LogP contribution < -0.4 is 10.3 Å². The summed E-state index contributed by atoms with van der Waals surface area (Å²) in [5.74, 6) is -0.0365. The molecule has 0 saturated carbocycles. The first kappa shape index (κ1) is 19.9. The van der Waals surface area contributed by atoms with E-state index < -0.39 is 5.97 Å². The summed E-state index contributed by atoms with van der Waals surface area (Å²) in [5, 5.41) is 4.05. The summed E-state index contributed by atoms with van der Waals surface area (Å²) in [6, 6.07) is 24.6. The van der Waals surface area contributed by atoms with E-state index in [4.69, 9.17) is 4.74 Å². The minimum atomic E-state index is -0.491. The van der Waals surface area contributed by atoms with Gasteiger partial charge in [-0.15, -0.1) is 11.3 Å². The van der Waals surface area contributed by atoms with Crippen LogP contribution in [0.1, 0.15) is 21.6 Å². The van der Waals surface area contributed by atoms with Crippen LogP contribution in [-0.2, 0) is 6.42 Å². The number of ether oxygens (including phenoxy) is 1. The van der Waals surface area contributed by atoms with Crippen molar-refractivity contribution in [2.24, 2.45) is 0 Å². The van der Waals surface area contributed by atoms with Gasteiger partial charge in [0, 0.05) is 22.5 Å². The molecule has 0 bridgehead atoms.